The van der Waals surface area contributed by atoms with E-state index in [-0.39, 0.29) is 29.5 Å². The molecule has 10 nitrogen and oxygen atoms in total. The number of fused-ring (bicyclic) bond motifs is 3. The van der Waals surface area contributed by atoms with Crippen LogP contribution in [0, 0.1) is 24.5 Å². The fourth-order valence-corrected chi connectivity index (χ4v) is 10.2. The molecule has 13 heteroatoms. The lowest BCUT2D eigenvalue weighted by molar-refractivity contribution is 0.0637. The molecule has 1 amide bonds. The number of nitrogens with one attached hydrogen (secondary N) is 2. The summed E-state index contributed by atoms with van der Waals surface area (Å²) < 4.78 is 40.4. The standard InChI is InChI=1S/C39H32F2N6O4S/c1-18-11-21-12-29(52-33(21)35(42-18)44-26-10-8-24-25(26)13-23(41)14-28(24)50-2)31-30(36-45-46-38(49)51-36)27(9-5-19-3-6-22(40)7-4-19)43-34-32(31)37(48)47-17-20-15-39(34,47)16-20/h3-4,6-7,11-14,20,26H,5,8-10,15-17H2,1-2H3,(H,42,44)(H,46,49). The first-order valence-corrected chi connectivity index (χ1v) is 18.2. The summed E-state index contributed by atoms with van der Waals surface area (Å²) in [6, 6.07) is 13.2. The second kappa shape index (κ2) is 11.3. The number of hydrogen-bond acceptors (Lipinski definition) is 9. The molecule has 11 rings (SSSR count). The number of rotatable bonds is 8. The number of carbonyl (C=O) groups excluding carboxylic acids is 1. The van der Waals surface area contributed by atoms with E-state index in [2.05, 4.69) is 21.6 Å². The number of amides is 1. The van der Waals surface area contributed by atoms with Crippen LogP contribution in [0.5, 0.6) is 5.75 Å². The maximum Gasteiger partial charge on any atom is 0.434 e. The zero-order valence-corrected chi connectivity index (χ0v) is 29.1. The number of aromatic nitrogens is 4. The third-order valence-corrected chi connectivity index (χ3v) is 12.4. The molecule has 5 aliphatic rings. The van der Waals surface area contributed by atoms with Crippen molar-refractivity contribution in [2.45, 2.75) is 57.0 Å². The number of thiophene rings is 1. The first kappa shape index (κ1) is 31.3. The van der Waals surface area contributed by atoms with E-state index in [0.29, 0.717) is 59.3 Å². The predicted molar refractivity (Wildman–Crippen MR) is 191 cm³/mol. The Bertz CT molecular complexity index is 2540. The van der Waals surface area contributed by atoms with Crippen molar-refractivity contribution in [2.75, 3.05) is 19.0 Å². The minimum atomic E-state index is -0.717. The lowest BCUT2D eigenvalue weighted by atomic mass is 9.71. The molecule has 1 saturated carbocycles. The normalized spacial score (nSPS) is 21.0. The van der Waals surface area contributed by atoms with Gasteiger partial charge in [0.05, 0.1) is 45.9 Å². The van der Waals surface area contributed by atoms with E-state index >= 15 is 0 Å². The van der Waals surface area contributed by atoms with E-state index in [4.69, 9.17) is 19.1 Å². The van der Waals surface area contributed by atoms with E-state index < -0.39 is 11.3 Å². The summed E-state index contributed by atoms with van der Waals surface area (Å²) in [6.07, 6.45) is 4.19. The molecule has 2 aromatic carbocycles. The van der Waals surface area contributed by atoms with Gasteiger partial charge in [-0.1, -0.05) is 12.1 Å². The molecule has 7 heterocycles. The Morgan fingerprint density at radius 1 is 1.04 bits per heavy atom. The number of benzene rings is 2. The number of pyridine rings is 2. The predicted octanol–water partition coefficient (Wildman–Crippen LogP) is 7.26. The SMILES string of the molecule is COc1cc(F)cc2c1CCC2Nc1nc(C)cc2cc(-c3c4c(nc(CCc5ccc(F)cc5)c3-c3n[nH]c(=O)o3)C35CC(CN3C4=O)C5)sc12. The summed E-state index contributed by atoms with van der Waals surface area (Å²) in [5.41, 5.74) is 6.15. The van der Waals surface area contributed by atoms with Crippen molar-refractivity contribution < 1.29 is 22.7 Å². The Labute approximate surface area is 299 Å². The van der Waals surface area contributed by atoms with Crippen LogP contribution < -0.4 is 15.8 Å². The van der Waals surface area contributed by atoms with Crippen LogP contribution in [0.25, 0.3) is 32.0 Å². The van der Waals surface area contributed by atoms with Crippen LogP contribution in [0.1, 0.15) is 69.4 Å². The average molecular weight is 719 g/mol. The van der Waals surface area contributed by atoms with Gasteiger partial charge in [-0.05, 0) is 104 Å². The maximum atomic E-state index is 14.7. The second-order valence-electron chi connectivity index (χ2n) is 14.4. The summed E-state index contributed by atoms with van der Waals surface area (Å²) in [4.78, 5) is 39.8. The number of aromatic amines is 1. The van der Waals surface area contributed by atoms with Crippen LogP contribution in [0.3, 0.4) is 0 Å². The summed E-state index contributed by atoms with van der Waals surface area (Å²) in [5.74, 6) is 0.248. The van der Waals surface area contributed by atoms with Crippen molar-refractivity contribution in [1.82, 2.24) is 25.1 Å². The van der Waals surface area contributed by atoms with Gasteiger partial charge in [0.15, 0.2) is 0 Å². The number of ether oxygens (including phenoxy) is 1. The number of H-pyrrole nitrogens is 1. The lowest BCUT2D eigenvalue weighted by Crippen LogP contribution is -2.40. The fraction of sp³-hybridized carbons (Fsp3) is 0.308. The van der Waals surface area contributed by atoms with Crippen LogP contribution in [-0.2, 0) is 24.8 Å². The largest absolute Gasteiger partial charge is 0.496 e. The molecule has 2 bridgehead atoms. The highest BCUT2D eigenvalue weighted by Gasteiger charge is 2.65. The third-order valence-electron chi connectivity index (χ3n) is 11.3. The van der Waals surface area contributed by atoms with Gasteiger partial charge in [0, 0.05) is 28.7 Å². The van der Waals surface area contributed by atoms with Gasteiger partial charge in [0.2, 0.25) is 0 Å². The quantitative estimate of drug-likeness (QED) is 0.169. The Morgan fingerprint density at radius 2 is 1.87 bits per heavy atom. The van der Waals surface area contributed by atoms with Gasteiger partial charge < -0.3 is 19.4 Å². The number of carbonyl (C=O) groups is 1. The van der Waals surface area contributed by atoms with E-state index in [0.717, 1.165) is 68.7 Å². The molecule has 6 aromatic rings. The maximum absolute atomic E-state index is 14.7. The number of anilines is 1. The minimum absolute atomic E-state index is 0.0527. The molecule has 2 N–H and O–H groups in total. The summed E-state index contributed by atoms with van der Waals surface area (Å²) in [7, 11) is 1.55. The first-order chi connectivity index (χ1) is 25.2. The monoisotopic (exact) mass is 718 g/mol. The summed E-state index contributed by atoms with van der Waals surface area (Å²) in [6.45, 7) is 2.61. The number of halogens is 2. The molecular weight excluding hydrogens is 687 g/mol. The molecule has 4 aromatic heterocycles. The number of methoxy groups -OCH3 is 1. The topological polar surface area (TPSA) is 126 Å². The van der Waals surface area contributed by atoms with Crippen molar-refractivity contribution in [2.24, 2.45) is 5.92 Å². The Kier molecular flexibility index (Phi) is 6.80. The Balaban J connectivity index is 1.16. The van der Waals surface area contributed by atoms with Gasteiger partial charge in [-0.15, -0.1) is 16.4 Å². The zero-order chi connectivity index (χ0) is 35.5. The average Bonchev–Trinajstić information content (AvgIpc) is 3.96. The van der Waals surface area contributed by atoms with Gasteiger partial charge in [0.25, 0.3) is 11.8 Å². The van der Waals surface area contributed by atoms with Crippen molar-refractivity contribution in [3.05, 3.63) is 110 Å². The molecular formula is C39H32F2N6O4S. The first-order valence-electron chi connectivity index (χ1n) is 17.4. The molecule has 1 spiro atoms. The van der Waals surface area contributed by atoms with Crippen molar-refractivity contribution in [3.63, 3.8) is 0 Å². The molecule has 1 unspecified atom stereocenters. The molecule has 52 heavy (non-hydrogen) atoms. The fourth-order valence-electron chi connectivity index (χ4n) is 9.05. The highest BCUT2D eigenvalue weighted by molar-refractivity contribution is 7.23. The van der Waals surface area contributed by atoms with Gasteiger partial charge in [-0.25, -0.2) is 23.7 Å². The van der Waals surface area contributed by atoms with E-state index in [1.54, 1.807) is 25.3 Å². The number of hydrogen-bond donors (Lipinski definition) is 2. The van der Waals surface area contributed by atoms with Crippen LogP contribution in [0.4, 0.5) is 14.6 Å². The smallest absolute Gasteiger partial charge is 0.434 e. The summed E-state index contributed by atoms with van der Waals surface area (Å²) >= 11 is 1.49. The zero-order valence-electron chi connectivity index (χ0n) is 28.3. The number of nitrogens with zero attached hydrogens (tertiary/aromatic N) is 4. The van der Waals surface area contributed by atoms with E-state index in [1.165, 1.54) is 29.5 Å². The van der Waals surface area contributed by atoms with Gasteiger partial charge in [0.1, 0.15) is 23.2 Å². The second-order valence-corrected chi connectivity index (χ2v) is 15.4. The number of aryl methyl sites for hydroxylation is 3. The van der Waals surface area contributed by atoms with Crippen molar-refractivity contribution in [1.29, 1.82) is 0 Å². The van der Waals surface area contributed by atoms with Crippen LogP contribution in [0.2, 0.25) is 0 Å². The summed E-state index contributed by atoms with van der Waals surface area (Å²) in [5, 5.41) is 11.2. The molecule has 3 aliphatic heterocycles. The van der Waals surface area contributed by atoms with Gasteiger partial charge >= 0.3 is 5.76 Å². The Morgan fingerprint density at radius 3 is 2.63 bits per heavy atom. The molecule has 0 radical (unpaired) electrons. The highest BCUT2D eigenvalue weighted by Crippen LogP contribution is 2.63. The van der Waals surface area contributed by atoms with Crippen molar-refractivity contribution in [3.8, 4) is 27.6 Å². The molecule has 2 aliphatic carbocycles. The van der Waals surface area contributed by atoms with E-state index in [1.807, 2.05) is 17.9 Å². The molecule has 262 valence electrons. The van der Waals surface area contributed by atoms with Crippen LogP contribution in [0.15, 0.2) is 57.7 Å². The van der Waals surface area contributed by atoms with Gasteiger partial charge in [-0.2, -0.15) is 0 Å². The highest BCUT2D eigenvalue weighted by atomic mass is 32.1. The molecule has 3 fully saturated rings. The van der Waals surface area contributed by atoms with Crippen LogP contribution >= 0.6 is 11.3 Å². The van der Waals surface area contributed by atoms with E-state index in [9.17, 15) is 18.4 Å². The van der Waals surface area contributed by atoms with Gasteiger partial charge in [-0.3, -0.25) is 9.78 Å². The molecule has 2 saturated heterocycles. The van der Waals surface area contributed by atoms with Crippen LogP contribution in [-0.4, -0.2) is 44.6 Å². The Hall–Kier alpha value is -5.43. The molecule has 1 atom stereocenters. The van der Waals surface area contributed by atoms with Crippen molar-refractivity contribution >= 4 is 33.1 Å². The minimum Gasteiger partial charge on any atom is -0.496 e. The third kappa shape index (κ3) is 4.60. The lowest BCUT2D eigenvalue weighted by Gasteiger charge is -2.37.